The van der Waals surface area contributed by atoms with Crippen LogP contribution in [0.25, 0.3) is 0 Å². The van der Waals surface area contributed by atoms with Crippen molar-refractivity contribution in [2.75, 3.05) is 31.5 Å². The number of nitrogens with zero attached hydrogens (tertiary/aromatic N) is 1. The quantitative estimate of drug-likeness (QED) is 0.894. The van der Waals surface area contributed by atoms with Gasteiger partial charge < -0.3 is 10.6 Å². The second kappa shape index (κ2) is 7.36. The molecule has 1 aromatic carbocycles. The second-order valence-corrected chi connectivity index (χ2v) is 6.49. The number of nitrogens with one attached hydrogen (secondary N) is 2. The van der Waals surface area contributed by atoms with Crippen LogP contribution < -0.4 is 10.6 Å². The molecule has 3 rings (SSSR count). The fourth-order valence-electron chi connectivity index (χ4n) is 3.61. The third-order valence-corrected chi connectivity index (χ3v) is 4.87. The van der Waals surface area contributed by atoms with Gasteiger partial charge in [-0.05, 0) is 63.4 Å². The van der Waals surface area contributed by atoms with Crippen molar-refractivity contribution in [3.8, 4) is 0 Å². The van der Waals surface area contributed by atoms with Gasteiger partial charge in [0.05, 0.1) is 12.2 Å². The van der Waals surface area contributed by atoms with Crippen LogP contribution in [0.4, 0.5) is 14.5 Å². The van der Waals surface area contributed by atoms with Crippen LogP contribution in [0.1, 0.15) is 25.7 Å². The van der Waals surface area contributed by atoms with Gasteiger partial charge in [0, 0.05) is 12.1 Å². The molecule has 0 aromatic heterocycles. The van der Waals surface area contributed by atoms with E-state index in [2.05, 4.69) is 15.5 Å². The first-order chi connectivity index (χ1) is 11.1. The number of anilines is 1. The molecule has 0 aliphatic carbocycles. The zero-order valence-electron chi connectivity index (χ0n) is 13.2. The topological polar surface area (TPSA) is 44.4 Å². The Morgan fingerprint density at radius 1 is 1.26 bits per heavy atom. The van der Waals surface area contributed by atoms with E-state index < -0.39 is 11.6 Å². The fraction of sp³-hybridized carbons (Fsp3) is 0.588. The van der Waals surface area contributed by atoms with Crippen molar-refractivity contribution in [1.82, 2.24) is 10.2 Å². The van der Waals surface area contributed by atoms with E-state index in [1.807, 2.05) is 0 Å². The largest absolute Gasteiger partial charge is 0.322 e. The Bertz CT molecular complexity index is 553. The molecular weight excluding hydrogens is 300 g/mol. The van der Waals surface area contributed by atoms with Gasteiger partial charge in [-0.1, -0.05) is 0 Å². The predicted molar refractivity (Wildman–Crippen MR) is 85.2 cm³/mol. The van der Waals surface area contributed by atoms with Crippen molar-refractivity contribution in [1.29, 1.82) is 0 Å². The van der Waals surface area contributed by atoms with E-state index in [4.69, 9.17) is 0 Å². The van der Waals surface area contributed by atoms with Crippen molar-refractivity contribution in [2.24, 2.45) is 5.92 Å². The van der Waals surface area contributed by atoms with E-state index in [-0.39, 0.29) is 18.1 Å². The summed E-state index contributed by atoms with van der Waals surface area (Å²) in [6.45, 7) is 3.09. The van der Waals surface area contributed by atoms with Gasteiger partial charge in [0.15, 0.2) is 0 Å². The van der Waals surface area contributed by atoms with Gasteiger partial charge in [0.1, 0.15) is 11.6 Å². The molecule has 1 unspecified atom stereocenters. The van der Waals surface area contributed by atoms with Gasteiger partial charge in [-0.25, -0.2) is 8.78 Å². The second-order valence-electron chi connectivity index (χ2n) is 6.49. The first-order valence-electron chi connectivity index (χ1n) is 8.32. The normalized spacial score (nSPS) is 23.1. The number of carbonyl (C=O) groups excluding carboxylic acids is 1. The minimum atomic E-state index is -0.620. The summed E-state index contributed by atoms with van der Waals surface area (Å²) in [4.78, 5) is 14.1. The predicted octanol–water partition coefficient (Wildman–Crippen LogP) is 2.37. The molecule has 2 fully saturated rings. The highest BCUT2D eigenvalue weighted by atomic mass is 19.1. The number of benzene rings is 1. The van der Waals surface area contributed by atoms with Gasteiger partial charge in [-0.15, -0.1) is 0 Å². The van der Waals surface area contributed by atoms with Gasteiger partial charge in [-0.2, -0.15) is 0 Å². The number of halogens is 2. The molecule has 2 heterocycles. The smallest absolute Gasteiger partial charge is 0.238 e. The summed E-state index contributed by atoms with van der Waals surface area (Å²) >= 11 is 0. The van der Waals surface area contributed by atoms with Crippen molar-refractivity contribution in [2.45, 2.75) is 31.7 Å². The van der Waals surface area contributed by atoms with Crippen LogP contribution in [0, 0.1) is 17.6 Å². The Morgan fingerprint density at radius 2 is 2.04 bits per heavy atom. The average Bonchev–Trinajstić information content (AvgIpc) is 3.06. The molecule has 0 spiro atoms. The molecule has 0 saturated carbocycles. The van der Waals surface area contributed by atoms with Crippen LogP contribution in [0.2, 0.25) is 0 Å². The standard InChI is InChI=1S/C17H23F2N3O/c18-13-3-4-14(19)16(10-13)21-17(23)11-22-8-5-12(6-9-22)15-2-1-7-20-15/h3-4,10,12,15,20H,1-2,5-9,11H2,(H,21,23). The fourth-order valence-corrected chi connectivity index (χ4v) is 3.61. The summed E-state index contributed by atoms with van der Waals surface area (Å²) in [5.74, 6) is -0.790. The monoisotopic (exact) mass is 323 g/mol. The van der Waals surface area contributed by atoms with Crippen LogP contribution in [-0.2, 0) is 4.79 Å². The Kier molecular flexibility index (Phi) is 5.23. The lowest BCUT2D eigenvalue weighted by molar-refractivity contribution is -0.117. The van der Waals surface area contributed by atoms with Gasteiger partial charge >= 0.3 is 0 Å². The lowest BCUT2D eigenvalue weighted by atomic mass is 9.88. The van der Waals surface area contributed by atoms with Crippen molar-refractivity contribution in [3.05, 3.63) is 29.8 Å². The molecule has 0 radical (unpaired) electrons. The molecule has 1 amide bonds. The highest BCUT2D eigenvalue weighted by Crippen LogP contribution is 2.25. The molecule has 2 N–H and O–H groups in total. The average molecular weight is 323 g/mol. The summed E-state index contributed by atoms with van der Waals surface area (Å²) in [6.07, 6.45) is 4.68. The molecule has 2 saturated heterocycles. The summed E-state index contributed by atoms with van der Waals surface area (Å²) in [6, 6.07) is 3.69. The van der Waals surface area contributed by atoms with Crippen molar-refractivity contribution >= 4 is 11.6 Å². The maximum atomic E-state index is 13.5. The third-order valence-electron chi connectivity index (χ3n) is 4.87. The van der Waals surface area contributed by atoms with Gasteiger partial charge in [0.2, 0.25) is 5.91 Å². The van der Waals surface area contributed by atoms with Crippen LogP contribution in [0.5, 0.6) is 0 Å². The van der Waals surface area contributed by atoms with E-state index in [1.165, 1.54) is 12.8 Å². The Labute approximate surface area is 135 Å². The number of amides is 1. The Hall–Kier alpha value is -1.53. The van der Waals surface area contributed by atoms with Crippen molar-refractivity contribution in [3.63, 3.8) is 0 Å². The lowest BCUT2D eigenvalue weighted by Crippen LogP contribution is -2.43. The summed E-state index contributed by atoms with van der Waals surface area (Å²) in [5.41, 5.74) is -0.0972. The third kappa shape index (κ3) is 4.26. The molecule has 1 atom stereocenters. The van der Waals surface area contributed by atoms with Gasteiger partial charge in [-0.3, -0.25) is 9.69 Å². The molecule has 1 aromatic rings. The van der Waals surface area contributed by atoms with Crippen LogP contribution in [0.15, 0.2) is 18.2 Å². The van der Waals surface area contributed by atoms with E-state index in [0.717, 1.165) is 50.7 Å². The van der Waals surface area contributed by atoms with Crippen LogP contribution in [0.3, 0.4) is 0 Å². The zero-order valence-corrected chi connectivity index (χ0v) is 13.2. The number of hydrogen-bond donors (Lipinski definition) is 2. The number of carbonyl (C=O) groups is 1. The summed E-state index contributed by atoms with van der Waals surface area (Å²) in [5, 5.41) is 6.01. The minimum absolute atomic E-state index is 0.0972. The summed E-state index contributed by atoms with van der Waals surface area (Å²) < 4.78 is 26.6. The van der Waals surface area contributed by atoms with Crippen LogP contribution >= 0.6 is 0 Å². The maximum Gasteiger partial charge on any atom is 0.238 e. The van der Waals surface area contributed by atoms with Crippen LogP contribution in [-0.4, -0.2) is 43.0 Å². The highest BCUT2D eigenvalue weighted by Gasteiger charge is 2.28. The molecule has 2 aliphatic rings. The molecule has 0 bridgehead atoms. The van der Waals surface area contributed by atoms with Crippen molar-refractivity contribution < 1.29 is 13.6 Å². The number of hydrogen-bond acceptors (Lipinski definition) is 3. The first kappa shape index (κ1) is 16.3. The van der Waals surface area contributed by atoms with E-state index in [0.29, 0.717) is 12.0 Å². The molecular formula is C17H23F2N3O. The SMILES string of the molecule is O=C(CN1CCC(C2CCCN2)CC1)Nc1cc(F)ccc1F. The van der Waals surface area contributed by atoms with E-state index in [1.54, 1.807) is 0 Å². The number of rotatable bonds is 4. The molecule has 126 valence electrons. The number of likely N-dealkylation sites (tertiary alicyclic amines) is 1. The van der Waals surface area contributed by atoms with E-state index >= 15 is 0 Å². The van der Waals surface area contributed by atoms with E-state index in [9.17, 15) is 13.6 Å². The minimum Gasteiger partial charge on any atom is -0.322 e. The molecule has 6 heteroatoms. The summed E-state index contributed by atoms with van der Waals surface area (Å²) in [7, 11) is 0. The lowest BCUT2D eigenvalue weighted by Gasteiger charge is -2.34. The van der Waals surface area contributed by atoms with Gasteiger partial charge in [0.25, 0.3) is 0 Å². The molecule has 23 heavy (non-hydrogen) atoms. The maximum absolute atomic E-state index is 13.5. The first-order valence-corrected chi connectivity index (χ1v) is 8.32. The number of piperidine rings is 1. The highest BCUT2D eigenvalue weighted by molar-refractivity contribution is 5.92. The zero-order chi connectivity index (χ0) is 16.2. The molecule has 4 nitrogen and oxygen atoms in total. The Morgan fingerprint density at radius 3 is 2.74 bits per heavy atom. The molecule has 2 aliphatic heterocycles. The Balaban J connectivity index is 1.46.